The van der Waals surface area contributed by atoms with Gasteiger partial charge in [-0.3, -0.25) is 9.69 Å². The summed E-state index contributed by atoms with van der Waals surface area (Å²) in [6.07, 6.45) is 1.02. The second kappa shape index (κ2) is 6.52. The average Bonchev–Trinajstić information content (AvgIpc) is 2.84. The van der Waals surface area contributed by atoms with Crippen LogP contribution >= 0.6 is 11.8 Å². The van der Waals surface area contributed by atoms with Crippen LogP contribution in [0.2, 0.25) is 0 Å². The number of carbonyl (C=O) groups is 2. The maximum atomic E-state index is 13.2. The normalized spacial score (nSPS) is 20.2. The summed E-state index contributed by atoms with van der Waals surface area (Å²) in [5.41, 5.74) is 0.187. The molecule has 1 spiro atoms. The topological polar surface area (TPSA) is 49.9 Å². The monoisotopic (exact) mass is 366 g/mol. The molecular formula is C18H23FN2O3S. The number of carbonyl (C=O) groups excluding carboxylic acids is 2. The molecule has 0 aliphatic carbocycles. The Kier molecular flexibility index (Phi) is 4.70. The van der Waals surface area contributed by atoms with Crippen LogP contribution in [0.15, 0.2) is 24.3 Å². The Bertz CT molecular complexity index is 664. The van der Waals surface area contributed by atoms with Gasteiger partial charge in [0, 0.05) is 18.8 Å². The Labute approximate surface area is 151 Å². The summed E-state index contributed by atoms with van der Waals surface area (Å²) in [5.74, 6) is 0.114. The summed E-state index contributed by atoms with van der Waals surface area (Å²) in [6.45, 7) is 6.61. The number of thioether (sulfide) groups is 1. The predicted molar refractivity (Wildman–Crippen MR) is 96.1 cm³/mol. The van der Waals surface area contributed by atoms with Crippen LogP contribution in [0.25, 0.3) is 0 Å². The van der Waals surface area contributed by atoms with Crippen molar-refractivity contribution in [2.24, 2.45) is 0 Å². The highest BCUT2D eigenvalue weighted by Crippen LogP contribution is 2.46. The minimum atomic E-state index is -0.523. The Hall–Kier alpha value is -1.76. The van der Waals surface area contributed by atoms with Crippen LogP contribution in [0.1, 0.15) is 33.6 Å². The zero-order valence-corrected chi connectivity index (χ0v) is 15.6. The van der Waals surface area contributed by atoms with Crippen LogP contribution in [-0.4, -0.2) is 46.2 Å². The largest absolute Gasteiger partial charge is 0.444 e. The van der Waals surface area contributed by atoms with Crippen molar-refractivity contribution in [3.63, 3.8) is 0 Å². The Morgan fingerprint density at radius 3 is 2.36 bits per heavy atom. The number of rotatable bonds is 1. The van der Waals surface area contributed by atoms with Gasteiger partial charge in [0.25, 0.3) is 0 Å². The lowest BCUT2D eigenvalue weighted by atomic mass is 10.0. The molecule has 0 bridgehead atoms. The molecule has 25 heavy (non-hydrogen) atoms. The first-order valence-corrected chi connectivity index (χ1v) is 9.39. The van der Waals surface area contributed by atoms with Crippen molar-refractivity contribution in [3.8, 4) is 0 Å². The SMILES string of the molecule is CC(C)(C)OC(=O)N1CCC2(CC1)SCC(=O)N2c1ccc(F)cc1. The molecule has 2 amide bonds. The molecule has 2 heterocycles. The van der Waals surface area contributed by atoms with Gasteiger partial charge in [0.05, 0.1) is 10.6 Å². The number of nitrogens with zero attached hydrogens (tertiary/aromatic N) is 2. The number of anilines is 1. The number of hydrogen-bond donors (Lipinski definition) is 0. The average molecular weight is 366 g/mol. The van der Waals surface area contributed by atoms with E-state index in [2.05, 4.69) is 0 Å². The van der Waals surface area contributed by atoms with Crippen molar-refractivity contribution in [2.75, 3.05) is 23.7 Å². The van der Waals surface area contributed by atoms with E-state index < -0.39 is 5.60 Å². The van der Waals surface area contributed by atoms with Crippen LogP contribution in [0.5, 0.6) is 0 Å². The van der Waals surface area contributed by atoms with E-state index in [9.17, 15) is 14.0 Å². The van der Waals surface area contributed by atoms with E-state index in [4.69, 9.17) is 4.74 Å². The summed E-state index contributed by atoms with van der Waals surface area (Å²) in [6, 6.07) is 6.02. The Morgan fingerprint density at radius 1 is 1.20 bits per heavy atom. The lowest BCUT2D eigenvalue weighted by Crippen LogP contribution is -2.53. The first kappa shape index (κ1) is 18.0. The molecule has 0 atom stereocenters. The molecular weight excluding hydrogens is 343 g/mol. The van der Waals surface area contributed by atoms with Gasteiger partial charge >= 0.3 is 6.09 Å². The molecule has 0 aromatic heterocycles. The summed E-state index contributed by atoms with van der Waals surface area (Å²) < 4.78 is 18.6. The van der Waals surface area contributed by atoms with Gasteiger partial charge in [0.15, 0.2) is 0 Å². The molecule has 0 saturated carbocycles. The highest BCUT2D eigenvalue weighted by atomic mass is 32.2. The van der Waals surface area contributed by atoms with Gasteiger partial charge in [-0.25, -0.2) is 9.18 Å². The Balaban J connectivity index is 1.73. The van der Waals surface area contributed by atoms with Crippen LogP contribution in [0.4, 0.5) is 14.9 Å². The molecule has 136 valence electrons. The van der Waals surface area contributed by atoms with Crippen LogP contribution in [0, 0.1) is 5.82 Å². The van der Waals surface area contributed by atoms with Gasteiger partial charge in [0.2, 0.25) is 5.91 Å². The van der Waals surface area contributed by atoms with Gasteiger partial charge < -0.3 is 9.64 Å². The maximum absolute atomic E-state index is 13.2. The second-order valence-electron chi connectivity index (χ2n) is 7.41. The molecule has 2 saturated heterocycles. The zero-order chi connectivity index (χ0) is 18.2. The first-order valence-electron chi connectivity index (χ1n) is 8.41. The van der Waals surface area contributed by atoms with Crippen molar-refractivity contribution in [1.29, 1.82) is 0 Å². The van der Waals surface area contributed by atoms with Crippen molar-refractivity contribution in [2.45, 2.75) is 44.1 Å². The number of halogens is 1. The molecule has 0 N–H and O–H groups in total. The fraction of sp³-hybridized carbons (Fsp3) is 0.556. The van der Waals surface area contributed by atoms with Crippen LogP contribution in [0.3, 0.4) is 0 Å². The molecule has 5 nitrogen and oxygen atoms in total. The third-order valence-electron chi connectivity index (χ3n) is 4.40. The minimum Gasteiger partial charge on any atom is -0.444 e. The fourth-order valence-electron chi connectivity index (χ4n) is 3.25. The minimum absolute atomic E-state index is 0.0299. The number of piperidine rings is 1. The first-order chi connectivity index (χ1) is 11.7. The van der Waals surface area contributed by atoms with E-state index in [1.54, 1.807) is 33.7 Å². The summed E-state index contributed by atoms with van der Waals surface area (Å²) in [4.78, 5) is 27.8. The molecule has 1 aromatic carbocycles. The molecule has 2 fully saturated rings. The zero-order valence-electron chi connectivity index (χ0n) is 14.8. The standard InChI is InChI=1S/C18H23FN2O3S/c1-17(2,3)24-16(23)20-10-8-18(9-11-20)21(15(22)12-25-18)14-6-4-13(19)5-7-14/h4-7H,8-12H2,1-3H3. The van der Waals surface area contributed by atoms with Crippen LogP contribution < -0.4 is 4.90 Å². The quantitative estimate of drug-likeness (QED) is 0.762. The molecule has 3 rings (SSSR count). The fourth-order valence-corrected chi connectivity index (χ4v) is 4.58. The number of benzene rings is 1. The molecule has 1 aromatic rings. The molecule has 2 aliphatic rings. The van der Waals surface area contributed by atoms with Gasteiger partial charge in [-0.15, -0.1) is 11.8 Å². The van der Waals surface area contributed by atoms with E-state index >= 15 is 0 Å². The lowest BCUT2D eigenvalue weighted by molar-refractivity contribution is -0.116. The predicted octanol–water partition coefficient (Wildman–Crippen LogP) is 3.63. The van der Waals surface area contributed by atoms with E-state index in [-0.39, 0.29) is 22.7 Å². The summed E-state index contributed by atoms with van der Waals surface area (Å²) in [7, 11) is 0. The Morgan fingerprint density at radius 2 is 1.80 bits per heavy atom. The van der Waals surface area contributed by atoms with Gasteiger partial charge in [0.1, 0.15) is 11.4 Å². The summed E-state index contributed by atoms with van der Waals surface area (Å²) in [5, 5.41) is 0. The van der Waals surface area contributed by atoms with Gasteiger partial charge in [-0.2, -0.15) is 0 Å². The van der Waals surface area contributed by atoms with Crippen LogP contribution in [-0.2, 0) is 9.53 Å². The number of likely N-dealkylation sites (tertiary alicyclic amines) is 1. The van der Waals surface area contributed by atoms with E-state index in [0.717, 1.165) is 0 Å². The third-order valence-corrected chi connectivity index (χ3v) is 5.92. The number of ether oxygens (including phenoxy) is 1. The van der Waals surface area contributed by atoms with Gasteiger partial charge in [-0.05, 0) is 57.9 Å². The highest BCUT2D eigenvalue weighted by Gasteiger charge is 2.49. The van der Waals surface area contributed by atoms with Crippen molar-refractivity contribution < 1.29 is 18.7 Å². The highest BCUT2D eigenvalue weighted by molar-refractivity contribution is 8.02. The number of amides is 2. The van der Waals surface area contributed by atoms with Crippen molar-refractivity contribution in [3.05, 3.63) is 30.1 Å². The van der Waals surface area contributed by atoms with Crippen molar-refractivity contribution in [1.82, 2.24) is 4.90 Å². The van der Waals surface area contributed by atoms with E-state index in [0.29, 0.717) is 37.4 Å². The molecule has 0 radical (unpaired) electrons. The molecule has 7 heteroatoms. The van der Waals surface area contributed by atoms with Crippen molar-refractivity contribution >= 4 is 29.4 Å². The number of hydrogen-bond acceptors (Lipinski definition) is 4. The molecule has 2 aliphatic heterocycles. The molecule has 0 unspecified atom stereocenters. The van der Waals surface area contributed by atoms with Gasteiger partial charge in [-0.1, -0.05) is 0 Å². The third kappa shape index (κ3) is 3.76. The lowest BCUT2D eigenvalue weighted by Gasteiger charge is -2.44. The van der Waals surface area contributed by atoms with E-state index in [1.165, 1.54) is 12.1 Å². The maximum Gasteiger partial charge on any atom is 0.410 e. The smallest absolute Gasteiger partial charge is 0.410 e. The second-order valence-corrected chi connectivity index (χ2v) is 8.75. The van der Waals surface area contributed by atoms with E-state index in [1.807, 2.05) is 20.8 Å². The summed E-state index contributed by atoms with van der Waals surface area (Å²) >= 11 is 1.61.